The minimum absolute atomic E-state index is 0.0902. The van der Waals surface area contributed by atoms with Gasteiger partial charge in [0.05, 0.1) is 41.2 Å². The number of fused-ring (bicyclic) bond motifs is 3. The van der Waals surface area contributed by atoms with Crippen molar-refractivity contribution in [2.24, 2.45) is 5.92 Å². The number of likely N-dealkylation sites (tertiary alicyclic amines) is 1. The van der Waals surface area contributed by atoms with Crippen LogP contribution in [0.25, 0.3) is 21.9 Å². The van der Waals surface area contributed by atoms with E-state index in [9.17, 15) is 9.59 Å². The predicted molar refractivity (Wildman–Crippen MR) is 144 cm³/mol. The van der Waals surface area contributed by atoms with Crippen LogP contribution < -0.4 is 9.64 Å². The van der Waals surface area contributed by atoms with Crippen LogP contribution in [-0.2, 0) is 0 Å². The molecule has 2 fully saturated rings. The fourth-order valence-corrected chi connectivity index (χ4v) is 5.48. The van der Waals surface area contributed by atoms with Gasteiger partial charge < -0.3 is 29.5 Å². The molecule has 2 aliphatic rings. The van der Waals surface area contributed by atoms with Crippen molar-refractivity contribution in [3.63, 3.8) is 0 Å². The standard InChI is InChI=1S/C28H30N6O4/c35-27(36)20-5-7-21(8-6-20)38-18-19-3-2-10-34(17-19)28(37)33-13-11-32(12-14-33)24-16-31-26-25(24)22-4-1-9-29-23(22)15-30-26/h1,4-9,15-16,19,29H,2-3,10-14,17-18H2,(H,35,36). The Morgan fingerprint density at radius 1 is 1.00 bits per heavy atom. The molecule has 2 amide bonds. The van der Waals surface area contributed by atoms with Gasteiger partial charge in [0.2, 0.25) is 0 Å². The first-order chi connectivity index (χ1) is 18.6. The van der Waals surface area contributed by atoms with Gasteiger partial charge in [-0.2, -0.15) is 0 Å². The number of amides is 2. The number of piperazine rings is 1. The number of piperidine rings is 1. The van der Waals surface area contributed by atoms with Crippen molar-refractivity contribution in [3.8, 4) is 5.75 Å². The zero-order valence-corrected chi connectivity index (χ0v) is 21.0. The number of carboxylic acid groups (broad SMARTS) is 1. The molecule has 38 heavy (non-hydrogen) atoms. The number of nitrogens with one attached hydrogen (secondary N) is 1. The second kappa shape index (κ2) is 10.2. The van der Waals surface area contributed by atoms with Crippen molar-refractivity contribution >= 4 is 39.6 Å². The van der Waals surface area contributed by atoms with Gasteiger partial charge in [0.1, 0.15) is 5.75 Å². The number of H-pyrrole nitrogens is 1. The fourth-order valence-electron chi connectivity index (χ4n) is 5.48. The molecule has 10 heteroatoms. The van der Waals surface area contributed by atoms with Crippen molar-refractivity contribution in [1.82, 2.24) is 24.8 Å². The van der Waals surface area contributed by atoms with Gasteiger partial charge >= 0.3 is 12.0 Å². The highest BCUT2D eigenvalue weighted by atomic mass is 16.5. The number of carboxylic acids is 1. The van der Waals surface area contributed by atoms with Crippen LogP contribution in [0.15, 0.2) is 55.0 Å². The van der Waals surface area contributed by atoms with Crippen molar-refractivity contribution in [3.05, 3.63) is 60.6 Å². The Morgan fingerprint density at radius 3 is 2.58 bits per heavy atom. The summed E-state index contributed by atoms with van der Waals surface area (Å²) in [6, 6.07) is 10.6. The van der Waals surface area contributed by atoms with Crippen LogP contribution in [0, 0.1) is 5.92 Å². The summed E-state index contributed by atoms with van der Waals surface area (Å²) >= 11 is 0. The molecule has 2 N–H and O–H groups in total. The molecule has 6 rings (SSSR count). The summed E-state index contributed by atoms with van der Waals surface area (Å²) in [5.41, 5.74) is 3.02. The van der Waals surface area contributed by atoms with Gasteiger partial charge in [-0.3, -0.25) is 0 Å². The molecule has 4 aromatic rings. The van der Waals surface area contributed by atoms with E-state index < -0.39 is 5.97 Å². The number of aromatic nitrogens is 3. The van der Waals surface area contributed by atoms with Crippen LogP contribution in [0.1, 0.15) is 23.2 Å². The third-order valence-corrected chi connectivity index (χ3v) is 7.53. The molecular weight excluding hydrogens is 484 g/mol. The van der Waals surface area contributed by atoms with Crippen LogP contribution in [-0.4, -0.2) is 87.7 Å². The number of anilines is 1. The molecule has 1 unspecified atom stereocenters. The quantitative estimate of drug-likeness (QED) is 0.416. The molecule has 0 spiro atoms. The second-order valence-electron chi connectivity index (χ2n) is 9.95. The van der Waals surface area contributed by atoms with E-state index in [1.165, 1.54) is 0 Å². The lowest BCUT2D eigenvalue weighted by atomic mass is 9.99. The summed E-state index contributed by atoms with van der Waals surface area (Å²) in [5.74, 6) is -0.0693. The van der Waals surface area contributed by atoms with Gasteiger partial charge in [0, 0.05) is 56.8 Å². The average Bonchev–Trinajstić information content (AvgIpc) is 3.41. The van der Waals surface area contributed by atoms with E-state index in [0.717, 1.165) is 60.1 Å². The number of benzene rings is 1. The molecule has 196 valence electrons. The summed E-state index contributed by atoms with van der Waals surface area (Å²) < 4.78 is 5.91. The lowest BCUT2D eigenvalue weighted by Crippen LogP contribution is -2.54. The number of urea groups is 1. The fraction of sp³-hybridized carbons (Fsp3) is 0.357. The molecule has 10 nitrogen and oxygen atoms in total. The third kappa shape index (κ3) is 4.69. The molecule has 1 atom stereocenters. The summed E-state index contributed by atoms with van der Waals surface area (Å²) in [6.07, 6.45) is 7.55. The maximum atomic E-state index is 13.4. The molecule has 2 aliphatic heterocycles. The Hall–Kier alpha value is -4.34. The third-order valence-electron chi connectivity index (χ3n) is 7.53. The number of hydrogen-bond acceptors (Lipinski definition) is 6. The molecule has 3 aromatic heterocycles. The molecule has 0 saturated carbocycles. The summed E-state index contributed by atoms with van der Waals surface area (Å²) in [7, 11) is 0. The Balaban J connectivity index is 1.05. The van der Waals surface area contributed by atoms with E-state index in [1.54, 1.807) is 24.3 Å². The van der Waals surface area contributed by atoms with Crippen LogP contribution in [0.2, 0.25) is 0 Å². The summed E-state index contributed by atoms with van der Waals surface area (Å²) in [4.78, 5) is 42.9. The number of nitrogens with zero attached hydrogens (tertiary/aromatic N) is 5. The normalized spacial score (nSPS) is 18.2. The maximum Gasteiger partial charge on any atom is 0.335 e. The Kier molecular flexibility index (Phi) is 6.45. The van der Waals surface area contributed by atoms with Crippen molar-refractivity contribution in [2.45, 2.75) is 12.8 Å². The van der Waals surface area contributed by atoms with Gasteiger partial charge in [-0.05, 0) is 43.2 Å². The SMILES string of the molecule is O=C(O)c1ccc(OCC2CCCN(C(=O)N3CCN(c4cnc5ncc6[nH]cccc6c45)CC3)C2)cc1. The van der Waals surface area contributed by atoms with Crippen molar-refractivity contribution in [1.29, 1.82) is 0 Å². The zero-order chi connectivity index (χ0) is 26.1. The summed E-state index contributed by atoms with van der Waals surface area (Å²) in [6.45, 7) is 4.72. The molecular formula is C28H30N6O4. The molecule has 1 aromatic carbocycles. The maximum absolute atomic E-state index is 13.4. The molecule has 0 radical (unpaired) electrons. The highest BCUT2D eigenvalue weighted by Gasteiger charge is 2.30. The number of hydrogen-bond donors (Lipinski definition) is 2. The zero-order valence-electron chi connectivity index (χ0n) is 21.0. The van der Waals surface area contributed by atoms with E-state index >= 15 is 0 Å². The first-order valence-corrected chi connectivity index (χ1v) is 13.0. The highest BCUT2D eigenvalue weighted by molar-refractivity contribution is 6.10. The number of rotatable bonds is 5. The molecule has 2 saturated heterocycles. The van der Waals surface area contributed by atoms with Gasteiger partial charge in [0.15, 0.2) is 5.65 Å². The number of ether oxygens (including phenoxy) is 1. The number of pyridine rings is 2. The molecule has 5 heterocycles. The lowest BCUT2D eigenvalue weighted by molar-refractivity contribution is 0.0696. The largest absolute Gasteiger partial charge is 0.493 e. The van der Waals surface area contributed by atoms with E-state index in [-0.39, 0.29) is 17.5 Å². The summed E-state index contributed by atoms with van der Waals surface area (Å²) in [5, 5.41) is 11.2. The lowest BCUT2D eigenvalue weighted by Gasteiger charge is -2.40. The van der Waals surface area contributed by atoms with Gasteiger partial charge in [0.25, 0.3) is 0 Å². The Bertz CT molecular complexity index is 1460. The molecule has 0 aliphatic carbocycles. The minimum Gasteiger partial charge on any atom is -0.493 e. The highest BCUT2D eigenvalue weighted by Crippen LogP contribution is 2.32. The number of aromatic carboxylic acids is 1. The van der Waals surface area contributed by atoms with Gasteiger partial charge in [-0.1, -0.05) is 6.07 Å². The van der Waals surface area contributed by atoms with Crippen LogP contribution in [0.5, 0.6) is 5.75 Å². The van der Waals surface area contributed by atoms with Gasteiger partial charge in [-0.25, -0.2) is 19.6 Å². The van der Waals surface area contributed by atoms with E-state index in [1.807, 2.05) is 34.5 Å². The van der Waals surface area contributed by atoms with E-state index in [4.69, 9.17) is 9.84 Å². The predicted octanol–water partition coefficient (Wildman–Crippen LogP) is 3.84. The minimum atomic E-state index is -0.956. The number of carbonyl (C=O) groups excluding carboxylic acids is 1. The second-order valence-corrected chi connectivity index (χ2v) is 9.95. The van der Waals surface area contributed by atoms with Crippen molar-refractivity contribution < 1.29 is 19.4 Å². The van der Waals surface area contributed by atoms with E-state index in [2.05, 4.69) is 25.9 Å². The smallest absolute Gasteiger partial charge is 0.335 e. The van der Waals surface area contributed by atoms with Crippen LogP contribution >= 0.6 is 0 Å². The molecule has 0 bridgehead atoms. The van der Waals surface area contributed by atoms with Crippen molar-refractivity contribution in [2.75, 3.05) is 50.8 Å². The number of aromatic amines is 1. The van der Waals surface area contributed by atoms with Crippen LogP contribution in [0.3, 0.4) is 0 Å². The topological polar surface area (TPSA) is 115 Å². The van der Waals surface area contributed by atoms with Crippen LogP contribution in [0.4, 0.5) is 10.5 Å². The average molecular weight is 515 g/mol. The Labute approximate surface area is 219 Å². The monoisotopic (exact) mass is 514 g/mol. The Morgan fingerprint density at radius 2 is 1.79 bits per heavy atom. The van der Waals surface area contributed by atoms with E-state index in [0.29, 0.717) is 32.0 Å². The first-order valence-electron chi connectivity index (χ1n) is 13.0. The first kappa shape index (κ1) is 24.0. The van der Waals surface area contributed by atoms with Gasteiger partial charge in [-0.15, -0.1) is 0 Å². The number of carbonyl (C=O) groups is 2.